The first-order chi connectivity index (χ1) is 54.1. The van der Waals surface area contributed by atoms with Crippen LogP contribution in [0.2, 0.25) is 0 Å². The lowest BCUT2D eigenvalue weighted by Gasteiger charge is -2.23. The summed E-state index contributed by atoms with van der Waals surface area (Å²) in [6, 6.07) is 4.70. The number of ether oxygens (including phenoxy) is 5. The van der Waals surface area contributed by atoms with Gasteiger partial charge in [0.05, 0.1) is 24.9 Å². The summed E-state index contributed by atoms with van der Waals surface area (Å²) in [5.74, 6) is -1.46. The maximum atomic E-state index is 14.2. The van der Waals surface area contributed by atoms with Gasteiger partial charge in [-0.1, -0.05) is 242 Å². The largest absolute Gasteiger partial charge is 0.462 e. The molecule has 0 radical (unpaired) electrons. The number of carbonyl (C=O) groups excluding carboxylic acids is 7. The van der Waals surface area contributed by atoms with Crippen LogP contribution in [0.15, 0.2) is 18.2 Å². The highest BCUT2D eigenvalue weighted by Gasteiger charge is 2.21. The van der Waals surface area contributed by atoms with Crippen LogP contribution in [0.3, 0.4) is 0 Å². The van der Waals surface area contributed by atoms with Crippen LogP contribution in [-0.2, 0) is 42.9 Å². The zero-order valence-corrected chi connectivity index (χ0v) is 73.6. The summed E-state index contributed by atoms with van der Waals surface area (Å²) in [6.07, 6.45) is 57.8. The van der Waals surface area contributed by atoms with Crippen molar-refractivity contribution in [2.45, 2.75) is 433 Å². The number of aldehydes is 1. The molecule has 0 fully saturated rings. The molecule has 5 unspecified atom stereocenters. The van der Waals surface area contributed by atoms with Crippen molar-refractivity contribution in [3.8, 4) is 0 Å². The number of esters is 4. The zero-order chi connectivity index (χ0) is 81.3. The van der Waals surface area contributed by atoms with Gasteiger partial charge in [0, 0.05) is 49.4 Å². The smallest absolute Gasteiger partial charge is 0.338 e. The van der Waals surface area contributed by atoms with E-state index < -0.39 is 5.97 Å². The Morgan fingerprint density at radius 3 is 0.982 bits per heavy atom. The van der Waals surface area contributed by atoms with Crippen LogP contribution in [0.5, 0.6) is 0 Å². The molecule has 5 atom stereocenters. The van der Waals surface area contributed by atoms with Gasteiger partial charge in [-0.3, -0.25) is 24.0 Å². The number of rotatable bonds is 82. The van der Waals surface area contributed by atoms with Crippen LogP contribution in [0.25, 0.3) is 0 Å². The van der Waals surface area contributed by atoms with Crippen molar-refractivity contribution in [3.05, 3.63) is 34.9 Å². The molecule has 1 aromatic rings. The number of unbranched alkanes of at least 4 members (excludes halogenated alkanes) is 32. The third-order valence-electron chi connectivity index (χ3n) is 22.1. The molecular weight excluding hydrogens is 1390 g/mol. The number of nitrogens with zero attached hydrogens (tertiary/aromatic N) is 3. The molecule has 0 bridgehead atoms. The number of hydrogen-bond acceptors (Lipinski definition) is 15. The highest BCUT2D eigenvalue weighted by Crippen LogP contribution is 2.22. The fraction of sp³-hybridized carbons (Fsp3) is 0.862. The molecular formula is C94H173N5O12. The molecule has 0 aliphatic rings. The lowest BCUT2D eigenvalue weighted by Crippen LogP contribution is -2.32. The van der Waals surface area contributed by atoms with Crippen LogP contribution in [-0.4, -0.2) is 167 Å². The van der Waals surface area contributed by atoms with Crippen LogP contribution in [0.4, 0.5) is 0 Å². The van der Waals surface area contributed by atoms with Crippen LogP contribution in [0.1, 0.15) is 440 Å². The summed E-state index contributed by atoms with van der Waals surface area (Å²) in [6.45, 7) is 25.4. The fourth-order valence-corrected chi connectivity index (χ4v) is 14.7. The molecule has 17 nitrogen and oxygen atoms in total. The molecule has 0 saturated heterocycles. The Kier molecular flexibility index (Phi) is 71.2. The average Bonchev–Trinajstić information content (AvgIpc) is 0.826. The van der Waals surface area contributed by atoms with E-state index in [0.29, 0.717) is 45.4 Å². The minimum atomic E-state index is -0.561. The SMILES string of the molecule is CCCCCCC(CC)OCC(C=O)CCCCCCCN(CCCCCCCCC(=O)OC(CC)CCCCCC)CCCNC(=O)c1cc(C(=O)NCCCN(CCCCCCCCC(=O)OC(CC)CCCCCC)CCCCCCCCC(=O)OC(CC)CCCCCC)cc(C(=O)OCCCCN(C)C)c1. The van der Waals surface area contributed by atoms with Gasteiger partial charge in [0.2, 0.25) is 0 Å². The average molecular weight is 1570 g/mol. The standard InChI is InChI=1S/C94H173N5O12/c1-11-19-23-43-59-85(15-5)108-80-81(79-100)58-42-34-33-41-53-72-99(71-52-40-32-29-37-49-65-91(103)111-88(18-8)62-46-26-22-14-4)74-57-67-96-93(105)83-76-82(77-84(78-83)94(106)107-75-55-54-68-97(9)10)92(104)95-66-56-73-98(69-50-38-30-27-35-47-63-89(101)109-86(16-6)60-44-24-20-12-2)70-51-39-31-28-36-48-64-90(102)110-87(17-7)61-45-25-21-13-3/h76-79,81,85-88H,11-75,80H2,1-10H3,(H,95,104)(H,96,105). The number of nitrogens with one attached hydrogen (secondary N) is 2. The highest BCUT2D eigenvalue weighted by molar-refractivity contribution is 6.03. The molecule has 111 heavy (non-hydrogen) atoms. The second-order valence-electron chi connectivity index (χ2n) is 32.7. The summed E-state index contributed by atoms with van der Waals surface area (Å²) in [5.41, 5.74) is 0.659. The van der Waals surface area contributed by atoms with Crippen molar-refractivity contribution < 1.29 is 57.2 Å². The first-order valence-corrected chi connectivity index (χ1v) is 46.7. The van der Waals surface area contributed by atoms with E-state index in [0.717, 1.165) is 296 Å². The van der Waals surface area contributed by atoms with E-state index in [9.17, 15) is 33.6 Å². The van der Waals surface area contributed by atoms with E-state index in [1.807, 2.05) is 14.1 Å². The second kappa shape index (κ2) is 75.6. The molecule has 0 heterocycles. The molecule has 2 N–H and O–H groups in total. The number of carbonyl (C=O) groups is 7. The fourth-order valence-electron chi connectivity index (χ4n) is 14.7. The van der Waals surface area contributed by atoms with Gasteiger partial charge in [-0.25, -0.2) is 4.79 Å². The van der Waals surface area contributed by atoms with Gasteiger partial charge < -0.3 is 53.8 Å². The molecule has 646 valence electrons. The molecule has 17 heteroatoms. The van der Waals surface area contributed by atoms with Crippen molar-refractivity contribution in [1.82, 2.24) is 25.3 Å². The van der Waals surface area contributed by atoms with Crippen molar-refractivity contribution >= 4 is 42.0 Å². The Bertz CT molecular complexity index is 2340. The van der Waals surface area contributed by atoms with Crippen molar-refractivity contribution in [1.29, 1.82) is 0 Å². The maximum absolute atomic E-state index is 14.2. The minimum Gasteiger partial charge on any atom is -0.462 e. The first kappa shape index (κ1) is 105. The van der Waals surface area contributed by atoms with E-state index in [4.69, 9.17) is 23.7 Å². The van der Waals surface area contributed by atoms with Crippen molar-refractivity contribution in [2.24, 2.45) is 5.92 Å². The van der Waals surface area contributed by atoms with E-state index in [1.165, 1.54) is 83.5 Å². The van der Waals surface area contributed by atoms with E-state index in [-0.39, 0.29) is 83.4 Å². The molecule has 1 aromatic carbocycles. The van der Waals surface area contributed by atoms with Gasteiger partial charge in [-0.05, 0) is 226 Å². The molecule has 0 aromatic heterocycles. The number of hydrogen-bond donors (Lipinski definition) is 2. The van der Waals surface area contributed by atoms with E-state index in [1.54, 1.807) is 18.2 Å². The van der Waals surface area contributed by atoms with Crippen LogP contribution < -0.4 is 10.6 Å². The molecule has 2 amide bonds. The van der Waals surface area contributed by atoms with Crippen molar-refractivity contribution in [3.63, 3.8) is 0 Å². The third kappa shape index (κ3) is 61.6. The van der Waals surface area contributed by atoms with E-state index in [2.05, 4.69) is 80.7 Å². The van der Waals surface area contributed by atoms with E-state index >= 15 is 0 Å². The van der Waals surface area contributed by atoms with Crippen LogP contribution in [0, 0.1) is 5.92 Å². The summed E-state index contributed by atoms with van der Waals surface area (Å²) in [4.78, 5) is 99.3. The summed E-state index contributed by atoms with van der Waals surface area (Å²) in [7, 11) is 4.03. The Labute approximate surface area is 681 Å². The highest BCUT2D eigenvalue weighted by atomic mass is 16.6. The predicted octanol–water partition coefficient (Wildman–Crippen LogP) is 23.0. The molecule has 0 spiro atoms. The van der Waals surface area contributed by atoms with Gasteiger partial charge in [0.15, 0.2) is 0 Å². The van der Waals surface area contributed by atoms with Gasteiger partial charge in [0.25, 0.3) is 11.8 Å². The topological polar surface area (TPSA) is 199 Å². The summed E-state index contributed by atoms with van der Waals surface area (Å²) in [5, 5.41) is 6.27. The lowest BCUT2D eigenvalue weighted by atomic mass is 10.0. The number of amides is 2. The minimum absolute atomic E-state index is 0.0360. The van der Waals surface area contributed by atoms with Gasteiger partial charge >= 0.3 is 23.9 Å². The monoisotopic (exact) mass is 1560 g/mol. The van der Waals surface area contributed by atoms with Gasteiger partial charge in [-0.2, -0.15) is 0 Å². The molecule has 0 saturated carbocycles. The lowest BCUT2D eigenvalue weighted by molar-refractivity contribution is -0.150. The Balaban J connectivity index is 3.10. The number of benzene rings is 1. The normalized spacial score (nSPS) is 13.0. The molecule has 0 aliphatic heterocycles. The van der Waals surface area contributed by atoms with Crippen molar-refractivity contribution in [2.75, 3.05) is 86.2 Å². The predicted molar refractivity (Wildman–Crippen MR) is 461 cm³/mol. The summed E-state index contributed by atoms with van der Waals surface area (Å²) >= 11 is 0. The first-order valence-electron chi connectivity index (χ1n) is 46.7. The zero-order valence-electron chi connectivity index (χ0n) is 73.6. The summed E-state index contributed by atoms with van der Waals surface area (Å²) < 4.78 is 29.5. The van der Waals surface area contributed by atoms with Crippen LogP contribution >= 0.6 is 0 Å². The second-order valence-corrected chi connectivity index (χ2v) is 32.7. The van der Waals surface area contributed by atoms with Gasteiger partial charge in [-0.15, -0.1) is 0 Å². The molecule has 1 rings (SSSR count). The Hall–Kier alpha value is -4.45. The third-order valence-corrected chi connectivity index (χ3v) is 22.1. The maximum Gasteiger partial charge on any atom is 0.338 e. The Morgan fingerprint density at radius 2 is 0.640 bits per heavy atom. The Morgan fingerprint density at radius 1 is 0.342 bits per heavy atom. The van der Waals surface area contributed by atoms with Gasteiger partial charge in [0.1, 0.15) is 24.6 Å². The molecule has 0 aliphatic carbocycles. The quantitative estimate of drug-likeness (QED) is 0.0270.